The number of amides is 1. The molecule has 1 heterocycles. The van der Waals surface area contributed by atoms with E-state index in [-0.39, 0.29) is 15.5 Å². The van der Waals surface area contributed by atoms with E-state index in [0.29, 0.717) is 17.2 Å². The molecule has 0 aliphatic carbocycles. The van der Waals surface area contributed by atoms with Crippen LogP contribution in [0, 0.1) is 6.92 Å². The van der Waals surface area contributed by atoms with Crippen molar-refractivity contribution in [2.45, 2.75) is 16.8 Å². The Bertz CT molecular complexity index is 1120. The predicted molar refractivity (Wildman–Crippen MR) is 108 cm³/mol. The van der Waals surface area contributed by atoms with Crippen LogP contribution in [0.1, 0.15) is 15.9 Å². The van der Waals surface area contributed by atoms with Gasteiger partial charge >= 0.3 is 0 Å². The summed E-state index contributed by atoms with van der Waals surface area (Å²) in [4.78, 5) is 16.7. The number of nitrogens with one attached hydrogen (secondary N) is 1. The maximum Gasteiger partial charge on any atom is 0.257 e. The molecule has 0 fully saturated rings. The number of nitrogens with zero attached hydrogens (tertiary/aromatic N) is 1. The molecule has 150 valence electrons. The van der Waals surface area contributed by atoms with Gasteiger partial charge in [-0.15, -0.1) is 0 Å². The maximum atomic E-state index is 12.7. The second-order valence-corrected chi connectivity index (χ2v) is 8.12. The molecule has 0 spiro atoms. The van der Waals surface area contributed by atoms with Gasteiger partial charge in [0.25, 0.3) is 5.91 Å². The van der Waals surface area contributed by atoms with Crippen LogP contribution in [-0.4, -0.2) is 33.5 Å². The molecule has 7 nitrogen and oxygen atoms in total. The fourth-order valence-electron chi connectivity index (χ4n) is 2.62. The maximum absolute atomic E-state index is 12.7. The number of ether oxygens (including phenoxy) is 2. The topological polar surface area (TPSA) is 94.6 Å². The molecule has 2 aromatic carbocycles. The minimum atomic E-state index is -3.76. The van der Waals surface area contributed by atoms with Crippen molar-refractivity contribution in [1.82, 2.24) is 4.98 Å². The molecule has 0 saturated carbocycles. The van der Waals surface area contributed by atoms with Crippen molar-refractivity contribution in [1.29, 1.82) is 0 Å². The minimum absolute atomic E-state index is 0.128. The number of pyridine rings is 1. The summed E-state index contributed by atoms with van der Waals surface area (Å²) in [6, 6.07) is 14.2. The zero-order valence-corrected chi connectivity index (χ0v) is 17.0. The number of carbonyl (C=O) groups is 1. The fourth-order valence-corrected chi connectivity index (χ4v) is 3.79. The number of aryl methyl sites for hydroxylation is 1. The van der Waals surface area contributed by atoms with Gasteiger partial charge in [-0.3, -0.25) is 4.79 Å². The van der Waals surface area contributed by atoms with Gasteiger partial charge in [0.2, 0.25) is 9.84 Å². The first-order chi connectivity index (χ1) is 13.8. The van der Waals surface area contributed by atoms with E-state index in [1.807, 2.05) is 6.92 Å². The highest BCUT2D eigenvalue weighted by atomic mass is 32.2. The lowest BCUT2D eigenvalue weighted by atomic mass is 10.2. The molecule has 0 radical (unpaired) electrons. The summed E-state index contributed by atoms with van der Waals surface area (Å²) in [7, 11) is -0.748. The molecule has 0 atom stereocenters. The van der Waals surface area contributed by atoms with E-state index in [2.05, 4.69) is 10.3 Å². The largest absolute Gasteiger partial charge is 0.497 e. The average Bonchev–Trinajstić information content (AvgIpc) is 2.74. The number of carbonyl (C=O) groups excluding carboxylic acids is 1. The van der Waals surface area contributed by atoms with Crippen molar-refractivity contribution in [2.24, 2.45) is 0 Å². The predicted octanol–water partition coefficient (Wildman–Crippen LogP) is 3.49. The number of methoxy groups -OCH3 is 2. The normalized spacial score (nSPS) is 11.0. The van der Waals surface area contributed by atoms with Gasteiger partial charge in [0.1, 0.15) is 11.5 Å². The molecule has 1 aromatic heterocycles. The number of rotatable bonds is 6. The van der Waals surface area contributed by atoms with Gasteiger partial charge in [0.05, 0.1) is 30.4 Å². The van der Waals surface area contributed by atoms with Gasteiger partial charge in [-0.05, 0) is 43.3 Å². The SMILES string of the molecule is COc1ccc(OC)c(NC(=O)c2ccc(S(=O)(=O)c3ccc(C)cc3)nc2)c1. The van der Waals surface area contributed by atoms with Crippen LogP contribution in [0.5, 0.6) is 11.5 Å². The summed E-state index contributed by atoms with van der Waals surface area (Å²) in [6.07, 6.45) is 1.23. The molecule has 29 heavy (non-hydrogen) atoms. The van der Waals surface area contributed by atoms with Gasteiger partial charge in [-0.2, -0.15) is 0 Å². The smallest absolute Gasteiger partial charge is 0.257 e. The second-order valence-electron chi connectivity index (χ2n) is 6.22. The van der Waals surface area contributed by atoms with Gasteiger partial charge in [-0.1, -0.05) is 17.7 Å². The molecule has 0 aliphatic heterocycles. The molecule has 0 unspecified atom stereocenters. The van der Waals surface area contributed by atoms with Crippen LogP contribution in [0.2, 0.25) is 0 Å². The molecule has 1 N–H and O–H groups in total. The van der Waals surface area contributed by atoms with Crippen LogP contribution < -0.4 is 14.8 Å². The van der Waals surface area contributed by atoms with Crippen molar-refractivity contribution in [3.05, 3.63) is 71.9 Å². The first-order valence-corrected chi connectivity index (χ1v) is 10.1. The van der Waals surface area contributed by atoms with Gasteiger partial charge in [-0.25, -0.2) is 13.4 Å². The number of sulfone groups is 1. The van der Waals surface area contributed by atoms with Crippen LogP contribution in [0.4, 0.5) is 5.69 Å². The second kappa shape index (κ2) is 8.32. The molecule has 0 bridgehead atoms. The first kappa shape index (κ1) is 20.3. The summed E-state index contributed by atoms with van der Waals surface area (Å²) >= 11 is 0. The molecular weight excluding hydrogens is 392 g/mol. The van der Waals surface area contributed by atoms with E-state index < -0.39 is 15.7 Å². The molecule has 3 aromatic rings. The molecule has 0 saturated heterocycles. The Morgan fingerprint density at radius 1 is 0.966 bits per heavy atom. The summed E-state index contributed by atoms with van der Waals surface area (Å²) in [6.45, 7) is 1.87. The highest BCUT2D eigenvalue weighted by Gasteiger charge is 2.20. The Kier molecular flexibility index (Phi) is 5.84. The van der Waals surface area contributed by atoms with E-state index in [9.17, 15) is 13.2 Å². The van der Waals surface area contributed by atoms with Crippen LogP contribution in [0.15, 0.2) is 70.7 Å². The van der Waals surface area contributed by atoms with Crippen LogP contribution in [0.25, 0.3) is 0 Å². The van der Waals surface area contributed by atoms with Crippen LogP contribution in [-0.2, 0) is 9.84 Å². The zero-order valence-electron chi connectivity index (χ0n) is 16.2. The van der Waals surface area contributed by atoms with Crippen molar-refractivity contribution >= 4 is 21.4 Å². The van der Waals surface area contributed by atoms with Crippen LogP contribution in [0.3, 0.4) is 0 Å². The van der Waals surface area contributed by atoms with Gasteiger partial charge in [0, 0.05) is 12.3 Å². The van der Waals surface area contributed by atoms with Crippen molar-refractivity contribution in [3.63, 3.8) is 0 Å². The quantitative estimate of drug-likeness (QED) is 0.666. The third-order valence-corrected chi connectivity index (χ3v) is 5.94. The molecule has 3 rings (SSSR count). The summed E-state index contributed by atoms with van der Waals surface area (Å²) in [5.74, 6) is 0.563. The lowest BCUT2D eigenvalue weighted by molar-refractivity contribution is 0.102. The third-order valence-electron chi connectivity index (χ3n) is 4.26. The van der Waals surface area contributed by atoms with Crippen molar-refractivity contribution in [2.75, 3.05) is 19.5 Å². The van der Waals surface area contributed by atoms with Crippen molar-refractivity contribution in [3.8, 4) is 11.5 Å². The number of aromatic nitrogens is 1. The first-order valence-electron chi connectivity index (χ1n) is 8.66. The van der Waals surface area contributed by atoms with E-state index in [1.165, 1.54) is 44.7 Å². The molecule has 1 amide bonds. The lowest BCUT2D eigenvalue weighted by Gasteiger charge is -2.12. The van der Waals surface area contributed by atoms with Gasteiger partial charge in [0.15, 0.2) is 5.03 Å². The lowest BCUT2D eigenvalue weighted by Crippen LogP contribution is -2.14. The Morgan fingerprint density at radius 3 is 2.28 bits per heavy atom. The number of hydrogen-bond donors (Lipinski definition) is 1. The Morgan fingerprint density at radius 2 is 1.69 bits per heavy atom. The van der Waals surface area contributed by atoms with Crippen molar-refractivity contribution < 1.29 is 22.7 Å². The average molecular weight is 412 g/mol. The Labute approximate surface area is 169 Å². The monoisotopic (exact) mass is 412 g/mol. The fraction of sp³-hybridized carbons (Fsp3) is 0.143. The molecule has 8 heteroatoms. The number of anilines is 1. The molecule has 0 aliphatic rings. The highest BCUT2D eigenvalue weighted by Crippen LogP contribution is 2.29. The van der Waals surface area contributed by atoms with Gasteiger partial charge < -0.3 is 14.8 Å². The highest BCUT2D eigenvalue weighted by molar-refractivity contribution is 7.91. The Balaban J connectivity index is 1.83. The minimum Gasteiger partial charge on any atom is -0.497 e. The Hall–Kier alpha value is -3.39. The summed E-state index contributed by atoms with van der Waals surface area (Å²) < 4.78 is 35.8. The zero-order chi connectivity index (χ0) is 21.0. The van der Waals surface area contributed by atoms with E-state index >= 15 is 0 Å². The van der Waals surface area contributed by atoms with Crippen LogP contribution >= 0.6 is 0 Å². The standard InChI is InChI=1S/C21H20N2O5S/c1-14-4-8-17(9-5-14)29(25,26)20-11-6-15(13-22-20)21(24)23-18-12-16(27-2)7-10-19(18)28-3/h4-13H,1-3H3,(H,23,24). The van der Waals surface area contributed by atoms with E-state index in [1.54, 1.807) is 30.3 Å². The summed E-state index contributed by atoms with van der Waals surface area (Å²) in [5.41, 5.74) is 1.59. The van der Waals surface area contributed by atoms with E-state index in [0.717, 1.165) is 5.56 Å². The molecular formula is C21H20N2O5S. The number of benzene rings is 2. The third kappa shape index (κ3) is 4.38. The van der Waals surface area contributed by atoms with E-state index in [4.69, 9.17) is 9.47 Å². The summed E-state index contributed by atoms with van der Waals surface area (Å²) in [5, 5.41) is 2.59. The number of hydrogen-bond acceptors (Lipinski definition) is 6.